The van der Waals surface area contributed by atoms with Gasteiger partial charge in [-0.1, -0.05) is 35.4 Å². The van der Waals surface area contributed by atoms with Crippen LogP contribution in [0.15, 0.2) is 24.3 Å². The molecule has 0 bridgehead atoms. The molecule has 0 saturated carbocycles. The number of rotatable bonds is 0. The summed E-state index contributed by atoms with van der Waals surface area (Å²) in [4.78, 5) is 0. The zero-order valence-electron chi connectivity index (χ0n) is 12.3. The van der Waals surface area contributed by atoms with E-state index in [1.165, 1.54) is 44.5 Å². The van der Waals surface area contributed by atoms with Crippen molar-refractivity contribution < 1.29 is 20.8 Å². The van der Waals surface area contributed by atoms with E-state index < -0.39 is 20.8 Å². The Balaban J connectivity index is 0.000000452. The molecule has 0 N–H and O–H groups in total. The summed E-state index contributed by atoms with van der Waals surface area (Å²) in [5.41, 5.74) is 11.6. The summed E-state index contributed by atoms with van der Waals surface area (Å²) in [5.74, 6) is 0. The molecule has 104 valence electrons. The van der Waals surface area contributed by atoms with E-state index in [0.29, 0.717) is 0 Å². The maximum atomic E-state index is 4.93. The van der Waals surface area contributed by atoms with Crippen LogP contribution in [-0.4, -0.2) is 0 Å². The van der Waals surface area contributed by atoms with Crippen LogP contribution in [0.2, 0.25) is 0 Å². The second-order valence-electron chi connectivity index (χ2n) is 5.46. The third-order valence-corrected chi connectivity index (χ3v) is 3.88. The van der Waals surface area contributed by atoms with Gasteiger partial charge in [-0.25, -0.2) is 0 Å². The molecule has 0 aromatic heterocycles. The molecule has 0 nitrogen and oxygen atoms in total. The van der Waals surface area contributed by atoms with Gasteiger partial charge in [0.1, 0.15) is 0 Å². The first-order valence-corrected chi connectivity index (χ1v) is 13.0. The summed E-state index contributed by atoms with van der Waals surface area (Å²) in [7, 11) is 9.87. The predicted octanol–water partition coefficient (Wildman–Crippen LogP) is 5.87. The molecule has 0 heterocycles. The van der Waals surface area contributed by atoms with Gasteiger partial charge in [-0.2, -0.15) is 0 Å². The molecule has 2 aromatic carbocycles. The summed E-state index contributed by atoms with van der Waals surface area (Å²) >= 11 is -0.826. The molecule has 0 unspecified atom stereocenters. The number of hydrogen-bond donors (Lipinski definition) is 0. The van der Waals surface area contributed by atoms with Crippen molar-refractivity contribution in [3.05, 3.63) is 57.6 Å². The molecular weight excluding hydrogens is 366 g/mol. The number of halogens is 2. The van der Waals surface area contributed by atoms with Crippen LogP contribution in [-0.2, 0) is 27.3 Å². The normalized spacial score (nSPS) is 11.3. The van der Waals surface area contributed by atoms with Crippen molar-refractivity contribution in [2.75, 3.05) is 0 Å². The molecule has 0 atom stereocenters. The zero-order chi connectivity index (χ0) is 14.9. The molecule has 0 saturated heterocycles. The van der Waals surface area contributed by atoms with Gasteiger partial charge in [0.05, 0.1) is 0 Å². The Morgan fingerprint density at radius 2 is 1.10 bits per heavy atom. The Labute approximate surface area is 140 Å². The average molecular weight is 384 g/mol. The fraction of sp³-hybridized carbons (Fsp3) is 0.294. The molecule has 0 amide bonds. The minimum absolute atomic E-state index is 0.826. The topological polar surface area (TPSA) is 0 Å². The van der Waals surface area contributed by atoms with Crippen LogP contribution in [0.4, 0.5) is 0 Å². The van der Waals surface area contributed by atoms with Crippen molar-refractivity contribution in [3.63, 3.8) is 0 Å². The molecular formula is C17H18Cl2Zr. The number of hydrogen-bond acceptors (Lipinski definition) is 0. The molecule has 1 aliphatic rings. The van der Waals surface area contributed by atoms with Crippen molar-refractivity contribution >= 4 is 17.0 Å². The van der Waals surface area contributed by atoms with E-state index in [2.05, 4.69) is 52.0 Å². The Hall–Kier alpha value is -0.0969. The van der Waals surface area contributed by atoms with Crippen molar-refractivity contribution in [2.24, 2.45) is 0 Å². The van der Waals surface area contributed by atoms with E-state index in [1.54, 1.807) is 0 Å². The number of benzene rings is 2. The first-order chi connectivity index (χ1) is 9.47. The molecule has 2 aromatic rings. The van der Waals surface area contributed by atoms with Crippen LogP contribution in [0.3, 0.4) is 0 Å². The molecule has 0 fully saturated rings. The second kappa shape index (κ2) is 6.78. The van der Waals surface area contributed by atoms with Gasteiger partial charge in [-0.15, -0.1) is 0 Å². The first-order valence-electron chi connectivity index (χ1n) is 6.64. The van der Waals surface area contributed by atoms with E-state index in [9.17, 15) is 0 Å². The Morgan fingerprint density at radius 1 is 0.750 bits per heavy atom. The summed E-state index contributed by atoms with van der Waals surface area (Å²) in [5, 5.41) is 0. The van der Waals surface area contributed by atoms with Gasteiger partial charge in [0.15, 0.2) is 0 Å². The number of fused-ring (bicyclic) bond motifs is 3. The van der Waals surface area contributed by atoms with Crippen molar-refractivity contribution in [1.29, 1.82) is 0 Å². The van der Waals surface area contributed by atoms with E-state index in [1.807, 2.05) is 0 Å². The van der Waals surface area contributed by atoms with Crippen LogP contribution in [0.5, 0.6) is 0 Å². The fourth-order valence-electron chi connectivity index (χ4n) is 3.12. The third kappa shape index (κ3) is 3.21. The molecule has 0 spiro atoms. The monoisotopic (exact) mass is 382 g/mol. The standard InChI is InChI=1S/C17H18.2ClH.Zr/c1-10-5-12(3)14-9-15-13(4)6-11(2)8-17(15)16(14)7-10;;;/h5-8H,9H2,1-4H3;2*1H;/q;;;+2/p-2. The van der Waals surface area contributed by atoms with E-state index in [0.717, 1.165) is 6.42 Å². The molecule has 3 heteroatoms. The molecule has 0 radical (unpaired) electrons. The van der Waals surface area contributed by atoms with Crippen molar-refractivity contribution in [2.45, 2.75) is 34.1 Å². The fourth-order valence-corrected chi connectivity index (χ4v) is 3.12. The van der Waals surface area contributed by atoms with Gasteiger partial charge in [0, 0.05) is 0 Å². The molecule has 20 heavy (non-hydrogen) atoms. The van der Waals surface area contributed by atoms with E-state index in [-0.39, 0.29) is 0 Å². The van der Waals surface area contributed by atoms with Crippen LogP contribution >= 0.6 is 17.0 Å². The van der Waals surface area contributed by atoms with Gasteiger partial charge in [-0.05, 0) is 67.5 Å². The SMILES string of the molecule is Cc1cc(C)c2c(c1)-c1cc(C)cc(C)c1C2.[Cl][Zr][Cl]. The van der Waals surface area contributed by atoms with Gasteiger partial charge < -0.3 is 0 Å². The third-order valence-electron chi connectivity index (χ3n) is 3.88. The van der Waals surface area contributed by atoms with Crippen LogP contribution in [0, 0.1) is 27.7 Å². The molecule has 1 aliphatic carbocycles. The Kier molecular flexibility index (Phi) is 5.51. The van der Waals surface area contributed by atoms with Crippen LogP contribution in [0.25, 0.3) is 11.1 Å². The quantitative estimate of drug-likeness (QED) is 0.455. The second-order valence-corrected chi connectivity index (χ2v) is 9.20. The zero-order valence-corrected chi connectivity index (χ0v) is 16.2. The first kappa shape index (κ1) is 16.3. The summed E-state index contributed by atoms with van der Waals surface area (Å²) in [6.07, 6.45) is 1.11. The Morgan fingerprint density at radius 3 is 1.45 bits per heavy atom. The summed E-state index contributed by atoms with van der Waals surface area (Å²) in [6.45, 7) is 8.85. The molecule has 3 rings (SSSR count). The maximum absolute atomic E-state index is 4.93. The van der Waals surface area contributed by atoms with Crippen LogP contribution < -0.4 is 0 Å². The average Bonchev–Trinajstić information content (AvgIpc) is 2.70. The van der Waals surface area contributed by atoms with Gasteiger partial charge >= 0.3 is 37.9 Å². The number of aryl methyl sites for hydroxylation is 4. The van der Waals surface area contributed by atoms with Crippen molar-refractivity contribution in [1.82, 2.24) is 0 Å². The van der Waals surface area contributed by atoms with E-state index >= 15 is 0 Å². The molecule has 0 aliphatic heterocycles. The van der Waals surface area contributed by atoms with E-state index in [4.69, 9.17) is 17.0 Å². The van der Waals surface area contributed by atoms with Gasteiger partial charge in [-0.3, -0.25) is 0 Å². The van der Waals surface area contributed by atoms with Crippen molar-refractivity contribution in [3.8, 4) is 11.1 Å². The minimum atomic E-state index is -0.826. The van der Waals surface area contributed by atoms with Gasteiger partial charge in [0.2, 0.25) is 0 Å². The van der Waals surface area contributed by atoms with Crippen LogP contribution in [0.1, 0.15) is 33.4 Å². The Bertz CT molecular complexity index is 592. The summed E-state index contributed by atoms with van der Waals surface area (Å²) in [6, 6.07) is 9.28. The summed E-state index contributed by atoms with van der Waals surface area (Å²) < 4.78 is 0. The predicted molar refractivity (Wildman–Crippen MR) is 85.3 cm³/mol. The van der Waals surface area contributed by atoms with Gasteiger partial charge in [0.25, 0.3) is 0 Å².